The van der Waals surface area contributed by atoms with Crippen molar-refractivity contribution >= 4 is 39.0 Å². The van der Waals surface area contributed by atoms with Gasteiger partial charge in [-0.3, -0.25) is 4.79 Å². The Morgan fingerprint density at radius 2 is 2.11 bits per heavy atom. The molecular formula is C12H16BrN3O2S. The summed E-state index contributed by atoms with van der Waals surface area (Å²) in [6.07, 6.45) is 4.46. The molecule has 104 valence electrons. The van der Waals surface area contributed by atoms with E-state index in [-0.39, 0.29) is 11.7 Å². The second-order valence-corrected chi connectivity index (χ2v) is 7.15. The number of halogens is 1. The molecule has 7 heteroatoms. The van der Waals surface area contributed by atoms with E-state index in [1.807, 2.05) is 6.07 Å². The average Bonchev–Trinajstić information content (AvgIpc) is 2.85. The van der Waals surface area contributed by atoms with Crippen LogP contribution in [0.5, 0.6) is 0 Å². The van der Waals surface area contributed by atoms with Crippen LogP contribution in [0.15, 0.2) is 21.1 Å². The molecular weight excluding hydrogens is 330 g/mol. The molecule has 1 aliphatic rings. The van der Waals surface area contributed by atoms with Gasteiger partial charge in [0.2, 0.25) is 0 Å². The molecule has 1 amide bonds. The zero-order valence-corrected chi connectivity index (χ0v) is 12.8. The van der Waals surface area contributed by atoms with Crippen LogP contribution < -0.4 is 11.1 Å². The van der Waals surface area contributed by atoms with Crippen LogP contribution in [0.25, 0.3) is 0 Å². The van der Waals surface area contributed by atoms with E-state index in [4.69, 9.17) is 10.9 Å². The lowest BCUT2D eigenvalue weighted by molar-refractivity contribution is 0.0910. The monoisotopic (exact) mass is 345 g/mol. The third kappa shape index (κ3) is 3.09. The van der Waals surface area contributed by atoms with Crippen molar-refractivity contribution in [1.29, 1.82) is 0 Å². The number of hydrogen-bond donors (Lipinski definition) is 3. The van der Waals surface area contributed by atoms with E-state index in [2.05, 4.69) is 26.4 Å². The van der Waals surface area contributed by atoms with E-state index in [9.17, 15) is 4.79 Å². The molecule has 0 saturated heterocycles. The Bertz CT molecular complexity index is 495. The number of amides is 1. The van der Waals surface area contributed by atoms with Gasteiger partial charge in [0.25, 0.3) is 5.91 Å². The van der Waals surface area contributed by atoms with Gasteiger partial charge in [0.05, 0.1) is 8.66 Å². The number of nitrogens with zero attached hydrogens (tertiary/aromatic N) is 1. The first-order valence-corrected chi connectivity index (χ1v) is 7.74. The number of rotatable bonds is 3. The summed E-state index contributed by atoms with van der Waals surface area (Å²) >= 11 is 4.70. The van der Waals surface area contributed by atoms with Crippen LogP contribution in [-0.4, -0.2) is 22.5 Å². The minimum absolute atomic E-state index is 0.0937. The van der Waals surface area contributed by atoms with Gasteiger partial charge in [-0.1, -0.05) is 24.4 Å². The van der Waals surface area contributed by atoms with Crippen molar-refractivity contribution in [3.05, 3.63) is 20.8 Å². The number of nitrogens with two attached hydrogens (primary N) is 1. The molecule has 2 rings (SSSR count). The van der Waals surface area contributed by atoms with Gasteiger partial charge in [0.15, 0.2) is 5.84 Å². The predicted molar refractivity (Wildman–Crippen MR) is 78.7 cm³/mol. The van der Waals surface area contributed by atoms with Gasteiger partial charge < -0.3 is 16.3 Å². The zero-order valence-electron chi connectivity index (χ0n) is 10.4. The summed E-state index contributed by atoms with van der Waals surface area (Å²) in [5, 5.41) is 15.0. The molecule has 0 aromatic carbocycles. The van der Waals surface area contributed by atoms with Crippen LogP contribution in [-0.2, 0) is 0 Å². The fourth-order valence-corrected chi connectivity index (χ4v) is 3.69. The molecule has 1 aliphatic carbocycles. The van der Waals surface area contributed by atoms with Gasteiger partial charge in [-0.25, -0.2) is 0 Å². The first-order chi connectivity index (χ1) is 9.07. The summed E-state index contributed by atoms with van der Waals surface area (Å²) in [5.41, 5.74) is 5.09. The molecule has 5 nitrogen and oxygen atoms in total. The Morgan fingerprint density at radius 3 is 2.63 bits per heavy atom. The van der Waals surface area contributed by atoms with E-state index < -0.39 is 5.54 Å². The van der Waals surface area contributed by atoms with Crippen molar-refractivity contribution in [2.45, 2.75) is 37.6 Å². The van der Waals surface area contributed by atoms with E-state index in [1.165, 1.54) is 11.3 Å². The molecule has 0 bridgehead atoms. The third-order valence-electron chi connectivity index (χ3n) is 3.45. The molecule has 0 aliphatic heterocycles. The largest absolute Gasteiger partial charge is 0.409 e. The lowest BCUT2D eigenvalue weighted by atomic mass is 9.80. The molecule has 1 aromatic heterocycles. The Kier molecular flexibility index (Phi) is 4.46. The van der Waals surface area contributed by atoms with Gasteiger partial charge >= 0.3 is 0 Å². The number of carbonyl (C=O) groups is 1. The maximum Gasteiger partial charge on any atom is 0.262 e. The number of nitrogens with one attached hydrogen (secondary N) is 1. The maximum atomic E-state index is 12.2. The smallest absolute Gasteiger partial charge is 0.262 e. The minimum Gasteiger partial charge on any atom is -0.409 e. The molecule has 1 saturated carbocycles. The van der Waals surface area contributed by atoms with Gasteiger partial charge in [-0.15, -0.1) is 11.3 Å². The highest BCUT2D eigenvalue weighted by Crippen LogP contribution is 2.30. The van der Waals surface area contributed by atoms with Crippen LogP contribution in [0.1, 0.15) is 41.8 Å². The highest BCUT2D eigenvalue weighted by Gasteiger charge is 2.38. The van der Waals surface area contributed by atoms with Crippen LogP contribution in [0.3, 0.4) is 0 Å². The summed E-state index contributed by atoms with van der Waals surface area (Å²) in [6, 6.07) is 3.59. The maximum absolute atomic E-state index is 12.2. The quantitative estimate of drug-likeness (QED) is 0.340. The lowest BCUT2D eigenvalue weighted by Gasteiger charge is -2.36. The van der Waals surface area contributed by atoms with Gasteiger partial charge in [0.1, 0.15) is 5.54 Å². The molecule has 1 aromatic rings. The predicted octanol–water partition coefficient (Wildman–Crippen LogP) is 2.69. The Hall–Kier alpha value is -1.08. The molecule has 1 heterocycles. The summed E-state index contributed by atoms with van der Waals surface area (Å²) in [5.74, 6) is -0.0830. The Labute approximate surface area is 124 Å². The molecule has 0 atom stereocenters. The van der Waals surface area contributed by atoms with Crippen LogP contribution in [0.2, 0.25) is 0 Å². The van der Waals surface area contributed by atoms with E-state index in [0.717, 1.165) is 23.0 Å². The first kappa shape index (κ1) is 14.3. The fraction of sp³-hybridized carbons (Fsp3) is 0.500. The number of oxime groups is 1. The highest BCUT2D eigenvalue weighted by atomic mass is 79.9. The first-order valence-electron chi connectivity index (χ1n) is 6.13. The van der Waals surface area contributed by atoms with Crippen molar-refractivity contribution in [2.24, 2.45) is 10.9 Å². The van der Waals surface area contributed by atoms with Crippen molar-refractivity contribution in [2.75, 3.05) is 0 Å². The second kappa shape index (κ2) is 5.92. The normalized spacial score (nSPS) is 19.1. The average molecular weight is 346 g/mol. The number of carbonyl (C=O) groups excluding carboxylic acids is 1. The van der Waals surface area contributed by atoms with Crippen molar-refractivity contribution in [3.63, 3.8) is 0 Å². The van der Waals surface area contributed by atoms with Crippen LogP contribution in [0, 0.1) is 0 Å². The number of thiophene rings is 1. The Morgan fingerprint density at radius 1 is 1.42 bits per heavy atom. The molecule has 19 heavy (non-hydrogen) atoms. The minimum atomic E-state index is -0.708. The highest BCUT2D eigenvalue weighted by molar-refractivity contribution is 9.11. The standard InChI is InChI=1S/C12H16BrN3O2S/c13-9-5-4-8(19-9)10(17)15-12(11(14)16-18)6-2-1-3-7-12/h4-5,18H,1-3,6-7H2,(H2,14,16)(H,15,17). The van der Waals surface area contributed by atoms with Crippen molar-refractivity contribution in [3.8, 4) is 0 Å². The molecule has 0 unspecified atom stereocenters. The topological polar surface area (TPSA) is 87.7 Å². The zero-order chi connectivity index (χ0) is 13.9. The Balaban J connectivity index is 2.19. The molecule has 4 N–H and O–H groups in total. The second-order valence-electron chi connectivity index (χ2n) is 4.69. The van der Waals surface area contributed by atoms with E-state index in [1.54, 1.807) is 6.07 Å². The summed E-state index contributed by atoms with van der Waals surface area (Å²) in [7, 11) is 0. The van der Waals surface area contributed by atoms with Crippen molar-refractivity contribution < 1.29 is 10.0 Å². The number of hydrogen-bond acceptors (Lipinski definition) is 4. The van der Waals surface area contributed by atoms with Crippen LogP contribution >= 0.6 is 27.3 Å². The summed E-state index contributed by atoms with van der Waals surface area (Å²) in [4.78, 5) is 12.9. The van der Waals surface area contributed by atoms with E-state index >= 15 is 0 Å². The SMILES string of the molecule is N/C(=N/O)C1(NC(=O)c2ccc(Br)s2)CCCCC1. The molecule has 0 radical (unpaired) electrons. The van der Waals surface area contributed by atoms with Gasteiger partial charge in [-0.05, 0) is 40.9 Å². The lowest BCUT2D eigenvalue weighted by Crippen LogP contribution is -2.58. The van der Waals surface area contributed by atoms with Gasteiger partial charge in [-0.2, -0.15) is 0 Å². The molecule has 1 fully saturated rings. The number of amidine groups is 1. The van der Waals surface area contributed by atoms with E-state index in [0.29, 0.717) is 17.7 Å². The van der Waals surface area contributed by atoms with Crippen LogP contribution in [0.4, 0.5) is 0 Å². The summed E-state index contributed by atoms with van der Waals surface area (Å²) < 4.78 is 0.902. The third-order valence-corrected chi connectivity index (χ3v) is 5.08. The fourth-order valence-electron chi connectivity index (χ4n) is 2.41. The summed E-state index contributed by atoms with van der Waals surface area (Å²) in [6.45, 7) is 0. The van der Waals surface area contributed by atoms with Crippen molar-refractivity contribution in [1.82, 2.24) is 5.32 Å². The molecule has 0 spiro atoms. The van der Waals surface area contributed by atoms with Gasteiger partial charge in [0, 0.05) is 0 Å².